The first kappa shape index (κ1) is 11.8. The van der Waals surface area contributed by atoms with Gasteiger partial charge in [0, 0.05) is 18.0 Å². The molecule has 0 aliphatic carbocycles. The highest BCUT2D eigenvalue weighted by Crippen LogP contribution is 2.18. The largest absolute Gasteiger partial charge is 0.322 e. The van der Waals surface area contributed by atoms with Crippen molar-refractivity contribution in [3.05, 3.63) is 44.8 Å². The van der Waals surface area contributed by atoms with Crippen molar-refractivity contribution in [2.24, 2.45) is 5.73 Å². The third-order valence-corrected chi connectivity index (χ3v) is 4.19. The molecule has 0 spiro atoms. The zero-order chi connectivity index (χ0) is 11.4. The minimum absolute atomic E-state index is 0.128. The van der Waals surface area contributed by atoms with Crippen LogP contribution in [-0.4, -0.2) is 18.5 Å². The third kappa shape index (κ3) is 3.15. The van der Waals surface area contributed by atoms with Crippen LogP contribution in [0.1, 0.15) is 16.5 Å². The molecule has 16 heavy (non-hydrogen) atoms. The lowest BCUT2D eigenvalue weighted by Gasteiger charge is -2.19. The molecule has 0 aliphatic rings. The molecule has 1 unspecified atom stereocenters. The van der Waals surface area contributed by atoms with E-state index >= 15 is 0 Å². The van der Waals surface area contributed by atoms with Crippen molar-refractivity contribution in [1.29, 1.82) is 0 Å². The van der Waals surface area contributed by atoms with Crippen molar-refractivity contribution in [3.8, 4) is 0 Å². The van der Waals surface area contributed by atoms with Gasteiger partial charge in [0.25, 0.3) is 0 Å². The molecule has 2 rings (SSSR count). The second kappa shape index (κ2) is 5.59. The topological polar surface area (TPSA) is 29.3 Å². The normalized spacial score (nSPS) is 13.2. The zero-order valence-corrected chi connectivity index (χ0v) is 10.9. The van der Waals surface area contributed by atoms with Crippen molar-refractivity contribution in [3.63, 3.8) is 0 Å². The fourth-order valence-corrected chi connectivity index (χ4v) is 3.07. The van der Waals surface area contributed by atoms with Crippen LogP contribution in [-0.2, 0) is 6.54 Å². The molecular weight excluding hydrogens is 236 g/mol. The highest BCUT2D eigenvalue weighted by Gasteiger charge is 2.10. The Balaban J connectivity index is 1.85. The van der Waals surface area contributed by atoms with Crippen molar-refractivity contribution >= 4 is 22.7 Å². The summed E-state index contributed by atoms with van der Waals surface area (Å²) >= 11 is 3.47. The molecule has 0 amide bonds. The van der Waals surface area contributed by atoms with Crippen LogP contribution in [0.2, 0.25) is 0 Å². The van der Waals surface area contributed by atoms with Crippen molar-refractivity contribution in [2.75, 3.05) is 13.6 Å². The molecule has 2 heterocycles. The average Bonchev–Trinajstić information content (AvgIpc) is 2.88. The number of likely N-dealkylation sites (N-methyl/N-ethyl adjacent to an activating group) is 1. The number of rotatable bonds is 5. The molecule has 0 aliphatic heterocycles. The van der Waals surface area contributed by atoms with Crippen molar-refractivity contribution in [1.82, 2.24) is 4.90 Å². The van der Waals surface area contributed by atoms with E-state index in [1.165, 1.54) is 10.4 Å². The standard InChI is InChI=1S/C12H16N2S2/c1-14(7-10-4-6-15-9-10)8-11(13)12-3-2-5-16-12/h2-6,9,11H,7-8,13H2,1H3. The van der Waals surface area contributed by atoms with Crippen LogP contribution in [0.25, 0.3) is 0 Å². The van der Waals surface area contributed by atoms with Gasteiger partial charge in [0.2, 0.25) is 0 Å². The van der Waals surface area contributed by atoms with Crippen LogP contribution in [0.4, 0.5) is 0 Å². The molecular formula is C12H16N2S2. The Kier molecular flexibility index (Phi) is 4.12. The number of nitrogens with zero attached hydrogens (tertiary/aromatic N) is 1. The molecule has 86 valence electrons. The first-order valence-corrected chi connectivity index (χ1v) is 7.06. The predicted molar refractivity (Wildman–Crippen MR) is 71.9 cm³/mol. The lowest BCUT2D eigenvalue weighted by Crippen LogP contribution is -2.28. The summed E-state index contributed by atoms with van der Waals surface area (Å²) in [5.41, 5.74) is 7.51. The quantitative estimate of drug-likeness (QED) is 0.886. The summed E-state index contributed by atoms with van der Waals surface area (Å²) in [7, 11) is 2.12. The lowest BCUT2D eigenvalue weighted by atomic mass is 10.2. The van der Waals surface area contributed by atoms with Crippen LogP contribution in [0, 0.1) is 0 Å². The van der Waals surface area contributed by atoms with Crippen LogP contribution in [0.3, 0.4) is 0 Å². The Morgan fingerprint density at radius 2 is 2.25 bits per heavy atom. The second-order valence-corrected chi connectivity index (χ2v) is 5.71. The maximum absolute atomic E-state index is 6.14. The van der Waals surface area contributed by atoms with Gasteiger partial charge in [-0.05, 0) is 40.9 Å². The molecule has 0 bridgehead atoms. The van der Waals surface area contributed by atoms with E-state index in [9.17, 15) is 0 Å². The Labute approximate surface area is 104 Å². The molecule has 0 radical (unpaired) electrons. The Morgan fingerprint density at radius 3 is 2.88 bits per heavy atom. The van der Waals surface area contributed by atoms with E-state index in [2.05, 4.69) is 46.3 Å². The molecule has 0 saturated heterocycles. The van der Waals surface area contributed by atoms with Crippen LogP contribution in [0.15, 0.2) is 34.3 Å². The third-order valence-electron chi connectivity index (χ3n) is 2.45. The van der Waals surface area contributed by atoms with E-state index in [1.807, 2.05) is 0 Å². The molecule has 2 nitrogen and oxygen atoms in total. The fourth-order valence-electron chi connectivity index (χ4n) is 1.69. The molecule has 4 heteroatoms. The monoisotopic (exact) mass is 252 g/mol. The first-order chi connectivity index (χ1) is 7.75. The Morgan fingerprint density at radius 1 is 1.38 bits per heavy atom. The summed E-state index contributed by atoms with van der Waals surface area (Å²) in [6.07, 6.45) is 0. The van der Waals surface area contributed by atoms with E-state index in [4.69, 9.17) is 5.73 Å². The molecule has 0 saturated carbocycles. The van der Waals surface area contributed by atoms with E-state index in [-0.39, 0.29) is 6.04 Å². The molecule has 1 atom stereocenters. The molecule has 2 N–H and O–H groups in total. The van der Waals surface area contributed by atoms with E-state index in [0.717, 1.165) is 13.1 Å². The smallest absolute Gasteiger partial charge is 0.0519 e. The lowest BCUT2D eigenvalue weighted by molar-refractivity contribution is 0.307. The van der Waals surface area contributed by atoms with Gasteiger partial charge < -0.3 is 10.6 Å². The summed E-state index contributed by atoms with van der Waals surface area (Å²) < 4.78 is 0. The maximum atomic E-state index is 6.14. The van der Waals surface area contributed by atoms with Gasteiger partial charge in [0.05, 0.1) is 6.04 Å². The summed E-state index contributed by atoms with van der Waals surface area (Å²) in [4.78, 5) is 3.53. The fraction of sp³-hybridized carbons (Fsp3) is 0.333. The van der Waals surface area contributed by atoms with Gasteiger partial charge in [-0.15, -0.1) is 11.3 Å². The number of hydrogen-bond donors (Lipinski definition) is 1. The van der Waals surface area contributed by atoms with Gasteiger partial charge in [-0.25, -0.2) is 0 Å². The maximum Gasteiger partial charge on any atom is 0.0519 e. The van der Waals surface area contributed by atoms with Crippen LogP contribution >= 0.6 is 22.7 Å². The molecule has 2 aromatic heterocycles. The van der Waals surface area contributed by atoms with Gasteiger partial charge in [-0.3, -0.25) is 0 Å². The summed E-state index contributed by atoms with van der Waals surface area (Å²) in [6.45, 7) is 1.87. The van der Waals surface area contributed by atoms with Gasteiger partial charge in [-0.1, -0.05) is 6.07 Å². The predicted octanol–water partition coefficient (Wildman–Crippen LogP) is 2.94. The van der Waals surface area contributed by atoms with Gasteiger partial charge in [-0.2, -0.15) is 11.3 Å². The minimum Gasteiger partial charge on any atom is -0.322 e. The van der Waals surface area contributed by atoms with E-state index < -0.39 is 0 Å². The van der Waals surface area contributed by atoms with Crippen LogP contribution in [0.5, 0.6) is 0 Å². The first-order valence-electron chi connectivity index (χ1n) is 5.24. The van der Waals surface area contributed by atoms with Gasteiger partial charge in [0.15, 0.2) is 0 Å². The Hall–Kier alpha value is -0.680. The molecule has 2 aromatic rings. The van der Waals surface area contributed by atoms with Gasteiger partial charge in [0.1, 0.15) is 0 Å². The number of hydrogen-bond acceptors (Lipinski definition) is 4. The number of nitrogens with two attached hydrogens (primary N) is 1. The average molecular weight is 252 g/mol. The minimum atomic E-state index is 0.128. The van der Waals surface area contributed by atoms with E-state index in [1.54, 1.807) is 22.7 Å². The SMILES string of the molecule is CN(Cc1ccsc1)CC(N)c1cccs1. The van der Waals surface area contributed by atoms with Gasteiger partial charge >= 0.3 is 0 Å². The second-order valence-electron chi connectivity index (χ2n) is 3.95. The summed E-state index contributed by atoms with van der Waals surface area (Å²) in [5, 5.41) is 6.38. The van der Waals surface area contributed by atoms with Crippen molar-refractivity contribution < 1.29 is 0 Å². The van der Waals surface area contributed by atoms with Crippen molar-refractivity contribution in [2.45, 2.75) is 12.6 Å². The number of thiophene rings is 2. The van der Waals surface area contributed by atoms with Crippen LogP contribution < -0.4 is 5.73 Å². The highest BCUT2D eigenvalue weighted by molar-refractivity contribution is 7.10. The molecule has 0 fully saturated rings. The summed E-state index contributed by atoms with van der Waals surface area (Å²) in [6, 6.07) is 6.45. The zero-order valence-electron chi connectivity index (χ0n) is 9.30. The summed E-state index contributed by atoms with van der Waals surface area (Å²) in [5.74, 6) is 0. The molecule has 0 aromatic carbocycles. The highest BCUT2D eigenvalue weighted by atomic mass is 32.1. The Bertz CT molecular complexity index is 395. The van der Waals surface area contributed by atoms with E-state index in [0.29, 0.717) is 0 Å².